The van der Waals surface area contributed by atoms with Crippen LogP contribution in [0.15, 0.2) is 72.9 Å². The zero-order valence-corrected chi connectivity index (χ0v) is 18.5. The van der Waals surface area contributed by atoms with Gasteiger partial charge >= 0.3 is 0 Å². The minimum atomic E-state index is -0.530. The lowest BCUT2D eigenvalue weighted by Crippen LogP contribution is -2.31. The first kappa shape index (κ1) is 21.3. The van der Waals surface area contributed by atoms with Gasteiger partial charge in [-0.1, -0.05) is 48.5 Å². The van der Waals surface area contributed by atoms with Crippen molar-refractivity contribution in [2.45, 2.75) is 19.4 Å². The highest BCUT2D eigenvalue weighted by Crippen LogP contribution is 2.30. The summed E-state index contributed by atoms with van der Waals surface area (Å²) >= 11 is 0. The van der Waals surface area contributed by atoms with E-state index in [0.717, 1.165) is 16.5 Å². The van der Waals surface area contributed by atoms with Crippen molar-refractivity contribution in [3.05, 3.63) is 84.1 Å². The highest BCUT2D eigenvalue weighted by molar-refractivity contribution is 5.97. The van der Waals surface area contributed by atoms with Crippen LogP contribution < -0.4 is 5.32 Å². The third kappa shape index (κ3) is 3.88. The molecule has 4 aromatic rings. The van der Waals surface area contributed by atoms with E-state index in [-0.39, 0.29) is 35.7 Å². The van der Waals surface area contributed by atoms with Crippen molar-refractivity contribution in [2.24, 2.45) is 5.92 Å². The maximum atomic E-state index is 13.2. The van der Waals surface area contributed by atoms with Gasteiger partial charge < -0.3 is 10.2 Å². The summed E-state index contributed by atoms with van der Waals surface area (Å²) in [5, 5.41) is 17.7. The zero-order valence-electron chi connectivity index (χ0n) is 18.5. The first-order valence-corrected chi connectivity index (χ1v) is 11.0. The van der Waals surface area contributed by atoms with Crippen LogP contribution in [0, 0.1) is 17.2 Å². The second-order valence-electron chi connectivity index (χ2n) is 8.32. The minimum Gasteiger partial charge on any atom is -0.335 e. The Labute approximate surface area is 196 Å². The van der Waals surface area contributed by atoms with Crippen LogP contribution in [0.1, 0.15) is 30.5 Å². The largest absolute Gasteiger partial charge is 0.335 e. The second kappa shape index (κ2) is 8.79. The molecule has 0 bridgehead atoms. The molecule has 2 unspecified atom stereocenters. The number of fused-ring (bicyclic) bond motifs is 1. The molecule has 3 heterocycles. The minimum absolute atomic E-state index is 0.0679. The number of rotatable bonds is 5. The number of amides is 2. The van der Waals surface area contributed by atoms with Crippen LogP contribution in [0.4, 0.5) is 5.82 Å². The third-order valence-electron chi connectivity index (χ3n) is 6.21. The molecule has 34 heavy (non-hydrogen) atoms. The van der Waals surface area contributed by atoms with Crippen LogP contribution in [-0.4, -0.2) is 38.0 Å². The number of hydrogen-bond donors (Lipinski definition) is 1. The van der Waals surface area contributed by atoms with Gasteiger partial charge in [-0.15, -0.1) is 0 Å². The fourth-order valence-corrected chi connectivity index (χ4v) is 4.31. The van der Waals surface area contributed by atoms with Crippen LogP contribution in [0.5, 0.6) is 0 Å². The summed E-state index contributed by atoms with van der Waals surface area (Å²) in [4.78, 5) is 32.2. The number of para-hydroxylation sites is 1. The first-order chi connectivity index (χ1) is 16.5. The van der Waals surface area contributed by atoms with Gasteiger partial charge in [-0.05, 0) is 30.7 Å². The first-order valence-electron chi connectivity index (χ1n) is 11.0. The van der Waals surface area contributed by atoms with Gasteiger partial charge in [0, 0.05) is 18.4 Å². The molecule has 8 nitrogen and oxygen atoms in total. The smallest absolute Gasteiger partial charge is 0.230 e. The summed E-state index contributed by atoms with van der Waals surface area (Å²) in [6.07, 6.45) is 1.52. The topological polar surface area (TPSA) is 104 Å². The van der Waals surface area contributed by atoms with Gasteiger partial charge in [0.05, 0.1) is 23.7 Å². The number of likely N-dealkylation sites (tertiary alicyclic amines) is 1. The fraction of sp³-hybridized carbons (Fsp3) is 0.192. The van der Waals surface area contributed by atoms with Crippen LogP contribution >= 0.6 is 0 Å². The van der Waals surface area contributed by atoms with Crippen molar-refractivity contribution in [3.8, 4) is 11.9 Å². The van der Waals surface area contributed by atoms with E-state index in [2.05, 4.69) is 21.5 Å². The summed E-state index contributed by atoms with van der Waals surface area (Å²) in [6.45, 7) is 2.27. The van der Waals surface area contributed by atoms with E-state index >= 15 is 0 Å². The Bertz CT molecular complexity index is 1420. The Hall–Kier alpha value is -4.51. The average molecular weight is 451 g/mol. The van der Waals surface area contributed by atoms with E-state index in [1.165, 1.54) is 10.9 Å². The van der Waals surface area contributed by atoms with Crippen LogP contribution in [0.3, 0.4) is 0 Å². The maximum Gasteiger partial charge on any atom is 0.230 e. The summed E-state index contributed by atoms with van der Waals surface area (Å²) in [5.41, 5.74) is 2.02. The van der Waals surface area contributed by atoms with Gasteiger partial charge in [-0.25, -0.2) is 4.98 Å². The Morgan fingerprint density at radius 2 is 1.88 bits per heavy atom. The predicted octanol–water partition coefficient (Wildman–Crippen LogP) is 3.84. The number of nitriles is 1. The number of anilines is 1. The van der Waals surface area contributed by atoms with Crippen molar-refractivity contribution < 1.29 is 9.59 Å². The van der Waals surface area contributed by atoms with Gasteiger partial charge in [0.1, 0.15) is 11.6 Å². The Morgan fingerprint density at radius 1 is 1.12 bits per heavy atom. The molecular formula is C26H22N6O2. The van der Waals surface area contributed by atoms with Gasteiger partial charge in [-0.3, -0.25) is 9.59 Å². The molecule has 1 aliphatic heterocycles. The maximum absolute atomic E-state index is 13.2. The van der Waals surface area contributed by atoms with E-state index < -0.39 is 5.92 Å². The van der Waals surface area contributed by atoms with Crippen molar-refractivity contribution in [2.75, 3.05) is 11.9 Å². The SMILES string of the molecule is CC(c1ccccc1)N1CC(C(=O)Nc2c(C#N)cnn2-c2ccc3ccccc3n2)CC1=O. The number of nitrogens with zero attached hydrogens (tertiary/aromatic N) is 5. The molecule has 2 atom stereocenters. The predicted molar refractivity (Wildman–Crippen MR) is 127 cm³/mol. The highest BCUT2D eigenvalue weighted by atomic mass is 16.2. The molecule has 5 rings (SSSR count). The summed E-state index contributed by atoms with van der Waals surface area (Å²) in [7, 11) is 0. The number of carbonyl (C=O) groups is 2. The summed E-state index contributed by atoms with van der Waals surface area (Å²) < 4.78 is 1.45. The van der Waals surface area contributed by atoms with Crippen molar-refractivity contribution in [1.82, 2.24) is 19.7 Å². The number of hydrogen-bond acceptors (Lipinski definition) is 5. The molecule has 168 valence electrons. The van der Waals surface area contributed by atoms with E-state index in [4.69, 9.17) is 0 Å². The number of carbonyl (C=O) groups excluding carboxylic acids is 2. The quantitative estimate of drug-likeness (QED) is 0.498. The Balaban J connectivity index is 1.38. The van der Waals surface area contributed by atoms with Gasteiger partial charge in [-0.2, -0.15) is 15.0 Å². The average Bonchev–Trinajstić information content (AvgIpc) is 3.47. The summed E-state index contributed by atoms with van der Waals surface area (Å²) in [6, 6.07) is 23.0. The lowest BCUT2D eigenvalue weighted by molar-refractivity contribution is -0.129. The summed E-state index contributed by atoms with van der Waals surface area (Å²) in [5.74, 6) is -0.190. The normalized spacial score (nSPS) is 16.4. The highest BCUT2D eigenvalue weighted by Gasteiger charge is 2.37. The number of benzene rings is 2. The number of aromatic nitrogens is 3. The van der Waals surface area contributed by atoms with Gasteiger partial charge in [0.25, 0.3) is 0 Å². The molecule has 1 saturated heterocycles. The molecule has 8 heteroatoms. The van der Waals surface area contributed by atoms with Crippen LogP contribution in [0.2, 0.25) is 0 Å². The Kier molecular flexibility index (Phi) is 5.52. The lowest BCUT2D eigenvalue weighted by atomic mass is 10.1. The molecule has 0 spiro atoms. The molecule has 1 N–H and O–H groups in total. The molecule has 0 radical (unpaired) electrons. The molecule has 1 aliphatic rings. The monoisotopic (exact) mass is 450 g/mol. The van der Waals surface area contributed by atoms with E-state index in [1.54, 1.807) is 11.0 Å². The van der Waals surface area contributed by atoms with E-state index in [1.807, 2.05) is 67.6 Å². The molecular weight excluding hydrogens is 428 g/mol. The van der Waals surface area contributed by atoms with Gasteiger partial charge in [0.2, 0.25) is 11.8 Å². The number of pyridine rings is 1. The molecule has 0 saturated carbocycles. The molecule has 0 aliphatic carbocycles. The second-order valence-corrected chi connectivity index (χ2v) is 8.32. The van der Waals surface area contributed by atoms with E-state index in [9.17, 15) is 14.9 Å². The van der Waals surface area contributed by atoms with Gasteiger partial charge in [0.15, 0.2) is 11.6 Å². The van der Waals surface area contributed by atoms with E-state index in [0.29, 0.717) is 12.4 Å². The lowest BCUT2D eigenvalue weighted by Gasteiger charge is -2.25. The molecule has 2 amide bonds. The van der Waals surface area contributed by atoms with Crippen LogP contribution in [0.25, 0.3) is 16.7 Å². The third-order valence-corrected chi connectivity index (χ3v) is 6.21. The standard InChI is InChI=1S/C26H22N6O2/c1-17(18-7-3-2-4-8-18)31-16-20(13-24(31)33)26(34)30-25-21(14-27)15-28-32(25)23-12-11-19-9-5-6-10-22(19)29-23/h2-12,15,17,20H,13,16H2,1H3,(H,30,34). The van der Waals surface area contributed by atoms with Crippen molar-refractivity contribution in [3.63, 3.8) is 0 Å². The zero-order chi connectivity index (χ0) is 23.7. The Morgan fingerprint density at radius 3 is 2.68 bits per heavy atom. The fourth-order valence-electron chi connectivity index (χ4n) is 4.31. The van der Waals surface area contributed by atoms with Crippen LogP contribution in [-0.2, 0) is 9.59 Å². The number of nitrogens with one attached hydrogen (secondary N) is 1. The molecule has 2 aromatic carbocycles. The van der Waals surface area contributed by atoms with Crippen molar-refractivity contribution in [1.29, 1.82) is 5.26 Å². The molecule has 2 aromatic heterocycles. The van der Waals surface area contributed by atoms with Crippen molar-refractivity contribution >= 4 is 28.5 Å². The molecule has 1 fully saturated rings.